The molecule has 1 nitrogen and oxygen atoms in total. The minimum atomic E-state index is -1.36. The lowest BCUT2D eigenvalue weighted by Gasteiger charge is -2.29. The normalized spacial score (nSPS) is 19.1. The molecule has 0 aliphatic heterocycles. The van der Waals surface area contributed by atoms with Crippen LogP contribution in [0.4, 0.5) is 22.0 Å². The highest BCUT2D eigenvalue weighted by Gasteiger charge is 2.24. The van der Waals surface area contributed by atoms with Crippen molar-refractivity contribution in [2.24, 2.45) is 5.92 Å². The summed E-state index contributed by atoms with van der Waals surface area (Å²) in [5.41, 5.74) is 0.260. The van der Waals surface area contributed by atoms with Gasteiger partial charge in [-0.1, -0.05) is 32.6 Å². The Kier molecular flexibility index (Phi) is 7.73. The zero-order chi connectivity index (χ0) is 21.7. The van der Waals surface area contributed by atoms with E-state index in [4.69, 9.17) is 4.74 Å². The molecule has 1 aliphatic rings. The van der Waals surface area contributed by atoms with Gasteiger partial charge in [0.2, 0.25) is 0 Å². The van der Waals surface area contributed by atoms with E-state index in [1.54, 1.807) is 0 Å². The van der Waals surface area contributed by atoms with Crippen molar-refractivity contribution in [2.45, 2.75) is 70.8 Å². The third-order valence-corrected chi connectivity index (χ3v) is 6.04. The van der Waals surface area contributed by atoms with Gasteiger partial charge in [-0.15, -0.1) is 0 Å². The summed E-state index contributed by atoms with van der Waals surface area (Å²) in [6.07, 6.45) is 8.86. The second kappa shape index (κ2) is 10.3. The molecular weight excluding hydrogens is 399 g/mol. The number of unbranched alkanes of at least 4 members (excludes halogenated alkanes) is 2. The summed E-state index contributed by atoms with van der Waals surface area (Å²) in [4.78, 5) is 0. The zero-order valence-corrected chi connectivity index (χ0v) is 17.1. The summed E-state index contributed by atoms with van der Waals surface area (Å²) < 4.78 is 74.0. The topological polar surface area (TPSA) is 9.23 Å². The number of hydrogen-bond donors (Lipinski definition) is 0. The Hall–Kier alpha value is -2.11. The first-order valence-corrected chi connectivity index (χ1v) is 10.6. The van der Waals surface area contributed by atoms with Gasteiger partial charge in [0.25, 0.3) is 0 Å². The monoisotopic (exact) mass is 426 g/mol. The van der Waals surface area contributed by atoms with Crippen molar-refractivity contribution in [3.8, 4) is 5.75 Å². The van der Waals surface area contributed by atoms with Crippen LogP contribution in [0.2, 0.25) is 0 Å². The van der Waals surface area contributed by atoms with Crippen molar-refractivity contribution >= 4 is 0 Å². The lowest BCUT2D eigenvalue weighted by Crippen LogP contribution is -2.14. The van der Waals surface area contributed by atoms with Crippen LogP contribution < -0.4 is 4.74 Å². The first-order valence-electron chi connectivity index (χ1n) is 10.6. The molecular formula is C24H27F5O. The molecule has 0 atom stereocenters. The molecule has 0 heterocycles. The standard InChI is InChI=1S/C24H27F5O/c1-2-3-4-5-15-6-8-16(9-7-15)17-10-19(25)18(20(26)11-17)14-30-24-13-22(28)21(27)12-23(24)29/h10-13,15-16H,2-9,14H2,1H3. The molecule has 0 amide bonds. The van der Waals surface area contributed by atoms with E-state index in [0.717, 1.165) is 25.7 Å². The predicted octanol–water partition coefficient (Wildman–Crippen LogP) is 7.82. The van der Waals surface area contributed by atoms with E-state index in [2.05, 4.69) is 6.92 Å². The first kappa shape index (κ1) is 22.6. The lowest BCUT2D eigenvalue weighted by atomic mass is 9.77. The van der Waals surface area contributed by atoms with E-state index in [1.165, 1.54) is 37.8 Å². The number of ether oxygens (including phenoxy) is 1. The van der Waals surface area contributed by atoms with Gasteiger partial charge in [0.05, 0.1) is 5.56 Å². The Morgan fingerprint density at radius 3 is 2.03 bits per heavy atom. The van der Waals surface area contributed by atoms with Crippen LogP contribution in [0.15, 0.2) is 24.3 Å². The summed E-state index contributed by atoms with van der Waals surface area (Å²) in [7, 11) is 0. The fourth-order valence-electron chi connectivity index (χ4n) is 4.23. The number of rotatable bonds is 8. The van der Waals surface area contributed by atoms with Crippen LogP contribution in [0.1, 0.15) is 75.3 Å². The fourth-order valence-corrected chi connectivity index (χ4v) is 4.23. The SMILES string of the molecule is CCCCCC1CCC(c2cc(F)c(COc3cc(F)c(F)cc3F)c(F)c2)CC1. The highest BCUT2D eigenvalue weighted by molar-refractivity contribution is 5.30. The summed E-state index contributed by atoms with van der Waals surface area (Å²) in [5.74, 6) is -5.14. The van der Waals surface area contributed by atoms with Crippen LogP contribution >= 0.6 is 0 Å². The fraction of sp³-hybridized carbons (Fsp3) is 0.500. The van der Waals surface area contributed by atoms with Gasteiger partial charge in [0.15, 0.2) is 23.2 Å². The molecule has 0 spiro atoms. The van der Waals surface area contributed by atoms with E-state index >= 15 is 0 Å². The summed E-state index contributed by atoms with van der Waals surface area (Å²) in [6, 6.07) is 3.48. The molecule has 0 N–H and O–H groups in total. The lowest BCUT2D eigenvalue weighted by molar-refractivity contribution is 0.274. The first-order chi connectivity index (χ1) is 14.4. The average molecular weight is 426 g/mol. The molecule has 0 unspecified atom stereocenters. The van der Waals surface area contributed by atoms with Gasteiger partial charge in [-0.2, -0.15) is 0 Å². The quantitative estimate of drug-likeness (QED) is 0.238. The van der Waals surface area contributed by atoms with Crippen LogP contribution in [-0.2, 0) is 6.61 Å². The maximum absolute atomic E-state index is 14.5. The molecule has 2 aromatic rings. The van der Waals surface area contributed by atoms with E-state index in [1.807, 2.05) is 0 Å². The molecule has 1 saturated carbocycles. The summed E-state index contributed by atoms with van der Waals surface area (Å²) in [6.45, 7) is 1.56. The smallest absolute Gasteiger partial charge is 0.168 e. The Labute approximate surface area is 174 Å². The van der Waals surface area contributed by atoms with Gasteiger partial charge in [-0.3, -0.25) is 0 Å². The summed E-state index contributed by atoms with van der Waals surface area (Å²) >= 11 is 0. The van der Waals surface area contributed by atoms with Crippen LogP contribution in [0, 0.1) is 35.0 Å². The Morgan fingerprint density at radius 2 is 1.40 bits per heavy atom. The van der Waals surface area contributed by atoms with Crippen molar-refractivity contribution in [3.05, 3.63) is 64.5 Å². The van der Waals surface area contributed by atoms with Crippen molar-refractivity contribution in [2.75, 3.05) is 0 Å². The molecule has 0 saturated heterocycles. The second-order valence-electron chi connectivity index (χ2n) is 8.16. The maximum atomic E-state index is 14.5. The van der Waals surface area contributed by atoms with Crippen LogP contribution in [0.5, 0.6) is 5.75 Å². The molecule has 0 radical (unpaired) electrons. The van der Waals surface area contributed by atoms with Crippen molar-refractivity contribution < 1.29 is 26.7 Å². The van der Waals surface area contributed by atoms with E-state index < -0.39 is 41.4 Å². The van der Waals surface area contributed by atoms with Gasteiger partial charge < -0.3 is 4.74 Å². The second-order valence-corrected chi connectivity index (χ2v) is 8.16. The van der Waals surface area contributed by atoms with Crippen molar-refractivity contribution in [1.82, 2.24) is 0 Å². The van der Waals surface area contributed by atoms with Crippen molar-refractivity contribution in [3.63, 3.8) is 0 Å². The number of benzene rings is 2. The van der Waals surface area contributed by atoms with Crippen LogP contribution in [0.3, 0.4) is 0 Å². The highest BCUT2D eigenvalue weighted by atomic mass is 19.2. The number of halogens is 5. The molecule has 30 heavy (non-hydrogen) atoms. The van der Waals surface area contributed by atoms with Crippen LogP contribution in [-0.4, -0.2) is 0 Å². The summed E-state index contributed by atoms with van der Waals surface area (Å²) in [5, 5.41) is 0. The molecule has 1 aliphatic carbocycles. The molecule has 6 heteroatoms. The molecule has 3 rings (SSSR count). The van der Waals surface area contributed by atoms with Gasteiger partial charge >= 0.3 is 0 Å². The Morgan fingerprint density at radius 1 is 0.767 bits per heavy atom. The third kappa shape index (κ3) is 5.52. The molecule has 1 fully saturated rings. The highest BCUT2D eigenvalue weighted by Crippen LogP contribution is 2.38. The zero-order valence-electron chi connectivity index (χ0n) is 17.1. The minimum absolute atomic E-state index is 0.120. The molecule has 0 bridgehead atoms. The van der Waals surface area contributed by atoms with Crippen molar-refractivity contribution in [1.29, 1.82) is 0 Å². The van der Waals surface area contributed by atoms with Gasteiger partial charge in [-0.25, -0.2) is 22.0 Å². The Bertz CT molecular complexity index is 836. The predicted molar refractivity (Wildman–Crippen MR) is 106 cm³/mol. The van der Waals surface area contributed by atoms with E-state index in [-0.39, 0.29) is 11.5 Å². The molecule has 0 aromatic heterocycles. The van der Waals surface area contributed by atoms with Gasteiger partial charge in [0.1, 0.15) is 18.2 Å². The van der Waals surface area contributed by atoms with E-state index in [9.17, 15) is 22.0 Å². The molecule has 2 aromatic carbocycles. The Balaban J connectivity index is 1.63. The third-order valence-electron chi connectivity index (χ3n) is 6.04. The molecule has 164 valence electrons. The number of hydrogen-bond acceptors (Lipinski definition) is 1. The minimum Gasteiger partial charge on any atom is -0.485 e. The average Bonchev–Trinajstić information content (AvgIpc) is 2.71. The van der Waals surface area contributed by atoms with Crippen LogP contribution in [0.25, 0.3) is 0 Å². The van der Waals surface area contributed by atoms with Gasteiger partial charge in [0, 0.05) is 12.1 Å². The maximum Gasteiger partial charge on any atom is 0.168 e. The van der Waals surface area contributed by atoms with Gasteiger partial charge in [-0.05, 0) is 55.2 Å². The van der Waals surface area contributed by atoms with E-state index in [0.29, 0.717) is 23.6 Å². The largest absolute Gasteiger partial charge is 0.485 e.